The summed E-state index contributed by atoms with van der Waals surface area (Å²) in [6.07, 6.45) is -4.43. The Balaban J connectivity index is 2.42. The molecule has 0 atom stereocenters. The van der Waals surface area contributed by atoms with E-state index in [4.69, 9.17) is 5.11 Å². The van der Waals surface area contributed by atoms with Crippen molar-refractivity contribution >= 4 is 0 Å². The lowest BCUT2D eigenvalue weighted by atomic mass is 10.1. The Labute approximate surface area is 106 Å². The highest BCUT2D eigenvalue weighted by molar-refractivity contribution is 5.60. The molecule has 2 rings (SSSR count). The number of alkyl halides is 3. The molecule has 0 aliphatic heterocycles. The molecule has 0 unspecified atom stereocenters. The zero-order valence-corrected chi connectivity index (χ0v) is 9.58. The number of halogens is 4. The van der Waals surface area contributed by atoms with E-state index in [0.29, 0.717) is 0 Å². The third-order valence-corrected chi connectivity index (χ3v) is 2.55. The molecule has 2 nitrogen and oxygen atoms in total. The Bertz CT molecular complexity index is 578. The van der Waals surface area contributed by atoms with E-state index in [1.807, 2.05) is 0 Å². The minimum atomic E-state index is -4.43. The molecule has 0 aliphatic carbocycles. The van der Waals surface area contributed by atoms with Gasteiger partial charge < -0.3 is 5.11 Å². The zero-order valence-electron chi connectivity index (χ0n) is 9.58. The van der Waals surface area contributed by atoms with E-state index in [0.717, 1.165) is 30.3 Å². The number of benzene rings is 1. The SMILES string of the molecule is OCc1ccc(F)c(-c2ccc(C(F)(F)F)cc2)n1. The van der Waals surface area contributed by atoms with Crippen molar-refractivity contribution in [1.29, 1.82) is 0 Å². The van der Waals surface area contributed by atoms with E-state index in [1.54, 1.807) is 0 Å². The Morgan fingerprint density at radius 2 is 1.63 bits per heavy atom. The van der Waals surface area contributed by atoms with Gasteiger partial charge in [0.15, 0.2) is 0 Å². The summed E-state index contributed by atoms with van der Waals surface area (Å²) in [4.78, 5) is 3.85. The van der Waals surface area contributed by atoms with Gasteiger partial charge in [0.2, 0.25) is 0 Å². The number of nitrogens with zero attached hydrogens (tertiary/aromatic N) is 1. The molecular weight excluding hydrogens is 262 g/mol. The molecule has 0 aliphatic rings. The van der Waals surface area contributed by atoms with Crippen molar-refractivity contribution in [3.05, 3.63) is 53.5 Å². The van der Waals surface area contributed by atoms with Crippen LogP contribution in [0.3, 0.4) is 0 Å². The van der Waals surface area contributed by atoms with Gasteiger partial charge in [-0.2, -0.15) is 13.2 Å². The molecule has 1 aromatic heterocycles. The first-order valence-electron chi connectivity index (χ1n) is 5.35. The first-order valence-corrected chi connectivity index (χ1v) is 5.35. The van der Waals surface area contributed by atoms with Gasteiger partial charge in [-0.25, -0.2) is 9.37 Å². The normalized spacial score (nSPS) is 11.6. The van der Waals surface area contributed by atoms with Gasteiger partial charge in [0, 0.05) is 5.56 Å². The van der Waals surface area contributed by atoms with Crippen molar-refractivity contribution in [3.8, 4) is 11.3 Å². The number of rotatable bonds is 2. The van der Waals surface area contributed by atoms with Crippen LogP contribution in [-0.4, -0.2) is 10.1 Å². The van der Waals surface area contributed by atoms with Gasteiger partial charge in [0.1, 0.15) is 11.5 Å². The molecule has 2 aromatic rings. The number of aliphatic hydroxyl groups excluding tert-OH is 1. The lowest BCUT2D eigenvalue weighted by Gasteiger charge is -2.08. The summed E-state index contributed by atoms with van der Waals surface area (Å²) in [6.45, 7) is -0.367. The second kappa shape index (κ2) is 4.97. The van der Waals surface area contributed by atoms with Gasteiger partial charge in [-0.3, -0.25) is 0 Å². The molecule has 100 valence electrons. The highest BCUT2D eigenvalue weighted by atomic mass is 19.4. The van der Waals surface area contributed by atoms with Crippen LogP contribution in [-0.2, 0) is 12.8 Å². The van der Waals surface area contributed by atoms with Crippen LogP contribution in [0.2, 0.25) is 0 Å². The monoisotopic (exact) mass is 271 g/mol. The van der Waals surface area contributed by atoms with Crippen LogP contribution < -0.4 is 0 Å². The van der Waals surface area contributed by atoms with Gasteiger partial charge in [-0.05, 0) is 24.3 Å². The van der Waals surface area contributed by atoms with Gasteiger partial charge in [0.25, 0.3) is 0 Å². The minimum absolute atomic E-state index is 0.0831. The number of hydrogen-bond acceptors (Lipinski definition) is 2. The predicted octanol–water partition coefficient (Wildman–Crippen LogP) is 3.40. The maximum Gasteiger partial charge on any atom is 0.416 e. The Hall–Kier alpha value is -1.95. The van der Waals surface area contributed by atoms with E-state index in [1.165, 1.54) is 6.07 Å². The smallest absolute Gasteiger partial charge is 0.390 e. The summed E-state index contributed by atoms with van der Waals surface area (Å²) in [5, 5.41) is 8.92. The average Bonchev–Trinajstić information content (AvgIpc) is 2.38. The molecule has 19 heavy (non-hydrogen) atoms. The summed E-state index contributed by atoms with van der Waals surface area (Å²) >= 11 is 0. The van der Waals surface area contributed by atoms with Gasteiger partial charge >= 0.3 is 6.18 Å². The molecule has 1 N–H and O–H groups in total. The summed E-state index contributed by atoms with van der Waals surface area (Å²) in [5.41, 5.74) is -0.424. The standard InChI is InChI=1S/C13H9F4NO/c14-11-6-5-10(7-19)18-12(11)8-1-3-9(4-2-8)13(15,16)17/h1-6,19H,7H2. The predicted molar refractivity (Wildman–Crippen MR) is 60.6 cm³/mol. The number of aromatic nitrogens is 1. The van der Waals surface area contributed by atoms with E-state index < -0.39 is 17.6 Å². The molecule has 0 saturated carbocycles. The van der Waals surface area contributed by atoms with Crippen LogP contribution >= 0.6 is 0 Å². The lowest BCUT2D eigenvalue weighted by Crippen LogP contribution is -2.04. The summed E-state index contributed by atoms with van der Waals surface area (Å²) in [6, 6.07) is 6.45. The van der Waals surface area contributed by atoms with Crippen molar-refractivity contribution in [2.45, 2.75) is 12.8 Å². The van der Waals surface area contributed by atoms with Crippen molar-refractivity contribution < 1.29 is 22.7 Å². The maximum absolute atomic E-state index is 13.6. The maximum atomic E-state index is 13.6. The van der Waals surface area contributed by atoms with Crippen LogP contribution in [0.4, 0.5) is 17.6 Å². The highest BCUT2D eigenvalue weighted by Crippen LogP contribution is 2.31. The lowest BCUT2D eigenvalue weighted by molar-refractivity contribution is -0.137. The first kappa shape index (κ1) is 13.5. The van der Waals surface area contributed by atoms with E-state index in [9.17, 15) is 17.6 Å². The second-order valence-corrected chi connectivity index (χ2v) is 3.87. The molecule has 0 amide bonds. The van der Waals surface area contributed by atoms with Crippen LogP contribution in [0.5, 0.6) is 0 Å². The van der Waals surface area contributed by atoms with Crippen LogP contribution in [0, 0.1) is 5.82 Å². The number of pyridine rings is 1. The zero-order chi connectivity index (χ0) is 14.0. The fourth-order valence-electron chi connectivity index (χ4n) is 1.59. The van der Waals surface area contributed by atoms with Gasteiger partial charge in [0.05, 0.1) is 17.9 Å². The molecule has 0 saturated heterocycles. The molecule has 0 spiro atoms. The minimum Gasteiger partial charge on any atom is -0.390 e. The molecule has 0 fully saturated rings. The summed E-state index contributed by atoms with van der Waals surface area (Å²) < 4.78 is 50.8. The molecule has 0 bridgehead atoms. The van der Waals surface area contributed by atoms with Crippen molar-refractivity contribution in [3.63, 3.8) is 0 Å². The number of hydrogen-bond donors (Lipinski definition) is 1. The van der Waals surface area contributed by atoms with E-state index in [-0.39, 0.29) is 23.6 Å². The summed E-state index contributed by atoms with van der Waals surface area (Å²) in [7, 11) is 0. The third-order valence-electron chi connectivity index (χ3n) is 2.55. The highest BCUT2D eigenvalue weighted by Gasteiger charge is 2.30. The second-order valence-electron chi connectivity index (χ2n) is 3.87. The van der Waals surface area contributed by atoms with E-state index >= 15 is 0 Å². The molecular formula is C13H9F4NO. The fourth-order valence-corrected chi connectivity index (χ4v) is 1.59. The average molecular weight is 271 g/mol. The van der Waals surface area contributed by atoms with Crippen LogP contribution in [0.1, 0.15) is 11.3 Å². The molecule has 1 heterocycles. The van der Waals surface area contributed by atoms with Crippen molar-refractivity contribution in [2.75, 3.05) is 0 Å². The first-order chi connectivity index (χ1) is 8.91. The van der Waals surface area contributed by atoms with Crippen LogP contribution in [0.25, 0.3) is 11.3 Å². The Morgan fingerprint density at radius 1 is 1.00 bits per heavy atom. The summed E-state index contributed by atoms with van der Waals surface area (Å²) in [5.74, 6) is -0.656. The fraction of sp³-hybridized carbons (Fsp3) is 0.154. The quantitative estimate of drug-likeness (QED) is 0.849. The third kappa shape index (κ3) is 2.90. The van der Waals surface area contributed by atoms with Crippen LogP contribution in [0.15, 0.2) is 36.4 Å². The topological polar surface area (TPSA) is 33.1 Å². The van der Waals surface area contributed by atoms with Gasteiger partial charge in [-0.15, -0.1) is 0 Å². The molecule has 0 radical (unpaired) electrons. The van der Waals surface area contributed by atoms with Crippen molar-refractivity contribution in [2.24, 2.45) is 0 Å². The Kier molecular flexibility index (Phi) is 3.53. The van der Waals surface area contributed by atoms with Gasteiger partial charge in [-0.1, -0.05) is 12.1 Å². The largest absolute Gasteiger partial charge is 0.416 e. The number of aliphatic hydroxyl groups is 1. The van der Waals surface area contributed by atoms with E-state index in [2.05, 4.69) is 4.98 Å². The molecule has 1 aromatic carbocycles. The Morgan fingerprint density at radius 3 is 2.16 bits per heavy atom. The molecule has 6 heteroatoms. The van der Waals surface area contributed by atoms with Crippen molar-refractivity contribution in [1.82, 2.24) is 4.98 Å².